The number of hydrogen-bond donors (Lipinski definition) is 1. The van der Waals surface area contributed by atoms with Crippen LogP contribution in [-0.4, -0.2) is 7.11 Å². The van der Waals surface area contributed by atoms with Crippen molar-refractivity contribution in [2.24, 2.45) is 0 Å². The highest BCUT2D eigenvalue weighted by molar-refractivity contribution is 7.23. The molecule has 0 unspecified atom stereocenters. The lowest BCUT2D eigenvalue weighted by Crippen LogP contribution is -1.98. The molecular weight excluding hydrogens is 292 g/mol. The van der Waals surface area contributed by atoms with E-state index >= 15 is 0 Å². The highest BCUT2D eigenvalue weighted by atomic mass is 32.1. The van der Waals surface area contributed by atoms with Crippen molar-refractivity contribution in [3.63, 3.8) is 0 Å². The standard InChI is InChI=1S/C16H13F2NOS/c1-20-14-4-2-3-11-8-15(21-16(11)14)19-9-10-5-6-12(17)13(18)7-10/h2-8,19H,9H2,1H3. The molecule has 0 fully saturated rings. The molecule has 0 aliphatic carbocycles. The van der Waals surface area contributed by atoms with Crippen molar-refractivity contribution in [2.75, 3.05) is 12.4 Å². The van der Waals surface area contributed by atoms with E-state index < -0.39 is 11.6 Å². The summed E-state index contributed by atoms with van der Waals surface area (Å²) < 4.78 is 32.4. The monoisotopic (exact) mass is 305 g/mol. The van der Waals surface area contributed by atoms with Crippen molar-refractivity contribution in [1.82, 2.24) is 0 Å². The van der Waals surface area contributed by atoms with E-state index in [9.17, 15) is 8.78 Å². The average molecular weight is 305 g/mol. The summed E-state index contributed by atoms with van der Waals surface area (Å²) in [6, 6.07) is 11.8. The van der Waals surface area contributed by atoms with Gasteiger partial charge in [0.15, 0.2) is 11.6 Å². The van der Waals surface area contributed by atoms with E-state index in [1.165, 1.54) is 6.07 Å². The van der Waals surface area contributed by atoms with Crippen LogP contribution in [0.1, 0.15) is 5.56 Å². The van der Waals surface area contributed by atoms with E-state index in [2.05, 4.69) is 5.32 Å². The lowest BCUT2D eigenvalue weighted by Gasteiger charge is -2.04. The molecule has 0 aliphatic heterocycles. The Labute approximate surface area is 125 Å². The average Bonchev–Trinajstić information content (AvgIpc) is 2.91. The summed E-state index contributed by atoms with van der Waals surface area (Å²) in [5.74, 6) is -0.823. The number of halogens is 2. The van der Waals surface area contributed by atoms with Crippen molar-refractivity contribution >= 4 is 26.4 Å². The molecule has 0 aliphatic rings. The SMILES string of the molecule is COc1cccc2cc(NCc3ccc(F)c(F)c3)sc12. The topological polar surface area (TPSA) is 21.3 Å². The number of thiophene rings is 1. The van der Waals surface area contributed by atoms with Crippen LogP contribution in [0.5, 0.6) is 5.75 Å². The second-order valence-electron chi connectivity index (χ2n) is 4.59. The Morgan fingerprint density at radius 2 is 1.95 bits per heavy atom. The van der Waals surface area contributed by atoms with Crippen LogP contribution in [0.25, 0.3) is 10.1 Å². The smallest absolute Gasteiger partial charge is 0.159 e. The van der Waals surface area contributed by atoms with Gasteiger partial charge in [-0.25, -0.2) is 8.78 Å². The van der Waals surface area contributed by atoms with Gasteiger partial charge in [0.05, 0.1) is 16.8 Å². The van der Waals surface area contributed by atoms with Crippen molar-refractivity contribution in [2.45, 2.75) is 6.54 Å². The number of nitrogens with one attached hydrogen (secondary N) is 1. The zero-order valence-corrected chi connectivity index (χ0v) is 12.1. The lowest BCUT2D eigenvalue weighted by atomic mass is 10.2. The second kappa shape index (κ2) is 5.69. The highest BCUT2D eigenvalue weighted by Gasteiger charge is 2.07. The van der Waals surface area contributed by atoms with Crippen LogP contribution < -0.4 is 10.1 Å². The van der Waals surface area contributed by atoms with Gasteiger partial charge < -0.3 is 10.1 Å². The number of rotatable bonds is 4. The maximum absolute atomic E-state index is 13.2. The van der Waals surface area contributed by atoms with Gasteiger partial charge in [-0.3, -0.25) is 0 Å². The predicted octanol–water partition coefficient (Wildman–Crippen LogP) is 4.80. The van der Waals surface area contributed by atoms with Gasteiger partial charge in [-0.2, -0.15) is 0 Å². The first kappa shape index (κ1) is 13.8. The fourth-order valence-electron chi connectivity index (χ4n) is 2.12. The van der Waals surface area contributed by atoms with Gasteiger partial charge in [-0.1, -0.05) is 18.2 Å². The Hall–Kier alpha value is -2.14. The molecule has 0 spiro atoms. The van der Waals surface area contributed by atoms with Crippen LogP contribution in [-0.2, 0) is 6.54 Å². The number of ether oxygens (including phenoxy) is 1. The highest BCUT2D eigenvalue weighted by Crippen LogP contribution is 2.36. The van der Waals surface area contributed by atoms with Gasteiger partial charge in [0.1, 0.15) is 5.75 Å². The Bertz CT molecular complexity index is 785. The summed E-state index contributed by atoms with van der Waals surface area (Å²) in [5.41, 5.74) is 0.693. The van der Waals surface area contributed by atoms with Gasteiger partial charge in [0.25, 0.3) is 0 Å². The zero-order valence-electron chi connectivity index (χ0n) is 11.3. The van der Waals surface area contributed by atoms with E-state index in [4.69, 9.17) is 4.74 Å². The third-order valence-corrected chi connectivity index (χ3v) is 4.30. The molecule has 1 aromatic heterocycles. The molecule has 2 aromatic carbocycles. The fraction of sp³-hybridized carbons (Fsp3) is 0.125. The number of methoxy groups -OCH3 is 1. The third kappa shape index (κ3) is 2.83. The van der Waals surface area contributed by atoms with E-state index in [0.717, 1.165) is 26.9 Å². The normalized spacial score (nSPS) is 10.8. The zero-order chi connectivity index (χ0) is 14.8. The van der Waals surface area contributed by atoms with Gasteiger partial charge in [0, 0.05) is 6.54 Å². The molecule has 5 heteroatoms. The summed E-state index contributed by atoms with van der Waals surface area (Å²) in [6.45, 7) is 0.437. The molecule has 108 valence electrons. The van der Waals surface area contributed by atoms with Crippen LogP contribution in [0.3, 0.4) is 0 Å². The first-order chi connectivity index (χ1) is 10.2. The fourth-order valence-corrected chi connectivity index (χ4v) is 3.17. The maximum atomic E-state index is 13.2. The number of fused-ring (bicyclic) bond motifs is 1. The minimum absolute atomic E-state index is 0.437. The van der Waals surface area contributed by atoms with Gasteiger partial charge in [-0.15, -0.1) is 11.3 Å². The maximum Gasteiger partial charge on any atom is 0.159 e. The Balaban J connectivity index is 1.80. The van der Waals surface area contributed by atoms with Gasteiger partial charge >= 0.3 is 0 Å². The van der Waals surface area contributed by atoms with E-state index in [1.807, 2.05) is 24.3 Å². The molecule has 1 N–H and O–H groups in total. The molecular formula is C16H13F2NOS. The number of hydrogen-bond acceptors (Lipinski definition) is 3. The molecule has 3 aromatic rings. The van der Waals surface area contributed by atoms with E-state index in [1.54, 1.807) is 24.5 Å². The summed E-state index contributed by atoms with van der Waals surface area (Å²) in [5, 5.41) is 5.27. The predicted molar refractivity (Wildman–Crippen MR) is 82.1 cm³/mol. The van der Waals surface area contributed by atoms with Crippen molar-refractivity contribution < 1.29 is 13.5 Å². The quantitative estimate of drug-likeness (QED) is 0.747. The molecule has 0 saturated heterocycles. The van der Waals surface area contributed by atoms with Gasteiger partial charge in [-0.05, 0) is 35.2 Å². The number of anilines is 1. The molecule has 0 atom stereocenters. The van der Waals surface area contributed by atoms with Crippen LogP contribution >= 0.6 is 11.3 Å². The van der Waals surface area contributed by atoms with Crippen LogP contribution in [0.2, 0.25) is 0 Å². The van der Waals surface area contributed by atoms with Crippen LogP contribution in [0.4, 0.5) is 13.8 Å². The van der Waals surface area contributed by atoms with Crippen LogP contribution in [0, 0.1) is 11.6 Å². The molecule has 21 heavy (non-hydrogen) atoms. The molecule has 0 radical (unpaired) electrons. The van der Waals surface area contributed by atoms with Crippen molar-refractivity contribution in [3.05, 3.63) is 59.7 Å². The molecule has 1 heterocycles. The van der Waals surface area contributed by atoms with Crippen molar-refractivity contribution in [1.29, 1.82) is 0 Å². The first-order valence-corrected chi connectivity index (χ1v) is 7.23. The largest absolute Gasteiger partial charge is 0.495 e. The summed E-state index contributed by atoms with van der Waals surface area (Å²) in [4.78, 5) is 0. The summed E-state index contributed by atoms with van der Waals surface area (Å²) >= 11 is 1.57. The molecule has 0 saturated carbocycles. The lowest BCUT2D eigenvalue weighted by molar-refractivity contribution is 0.420. The molecule has 3 rings (SSSR count). The molecule has 0 amide bonds. The minimum atomic E-state index is -0.828. The van der Waals surface area contributed by atoms with Crippen LogP contribution in [0.15, 0.2) is 42.5 Å². The number of benzene rings is 2. The Morgan fingerprint density at radius 1 is 1.10 bits per heavy atom. The first-order valence-electron chi connectivity index (χ1n) is 6.42. The Morgan fingerprint density at radius 3 is 2.71 bits per heavy atom. The minimum Gasteiger partial charge on any atom is -0.495 e. The molecule has 2 nitrogen and oxygen atoms in total. The molecule has 0 bridgehead atoms. The summed E-state index contributed by atoms with van der Waals surface area (Å²) in [6.07, 6.45) is 0. The van der Waals surface area contributed by atoms with Gasteiger partial charge in [0.2, 0.25) is 0 Å². The summed E-state index contributed by atoms with van der Waals surface area (Å²) in [7, 11) is 1.64. The van der Waals surface area contributed by atoms with E-state index in [-0.39, 0.29) is 0 Å². The Kier molecular flexibility index (Phi) is 3.75. The third-order valence-electron chi connectivity index (χ3n) is 3.18. The van der Waals surface area contributed by atoms with Crippen molar-refractivity contribution in [3.8, 4) is 5.75 Å². The second-order valence-corrected chi connectivity index (χ2v) is 5.64. The van der Waals surface area contributed by atoms with E-state index in [0.29, 0.717) is 12.1 Å².